The molecule has 2 unspecified atom stereocenters. The fraction of sp³-hybridized carbons (Fsp3) is 0.360. The number of ether oxygens (including phenoxy) is 1. The Bertz CT molecular complexity index is 1070. The summed E-state index contributed by atoms with van der Waals surface area (Å²) >= 11 is 0. The van der Waals surface area contributed by atoms with Crippen LogP contribution in [-0.4, -0.2) is 65.4 Å². The van der Waals surface area contributed by atoms with Gasteiger partial charge < -0.3 is 20.3 Å². The highest BCUT2D eigenvalue weighted by Gasteiger charge is 2.47. The average molecular weight is 465 g/mol. The summed E-state index contributed by atoms with van der Waals surface area (Å²) in [6, 6.07) is 14.4. The number of piperidine rings is 1. The Morgan fingerprint density at radius 1 is 1.09 bits per heavy atom. The number of nitrogens with zero attached hydrogens (tertiary/aromatic N) is 2. The van der Waals surface area contributed by atoms with Crippen LogP contribution < -0.4 is 10.6 Å². The first-order valence-corrected chi connectivity index (χ1v) is 11.4. The molecule has 0 aromatic heterocycles. The van der Waals surface area contributed by atoms with Crippen LogP contribution in [-0.2, 0) is 20.9 Å². The molecule has 0 radical (unpaired) electrons. The first-order valence-electron chi connectivity index (χ1n) is 11.4. The predicted molar refractivity (Wildman–Crippen MR) is 125 cm³/mol. The zero-order chi connectivity index (χ0) is 24.1. The topological polar surface area (TPSA) is 108 Å². The number of hydrogen-bond acceptors (Lipinski definition) is 6. The lowest BCUT2D eigenvalue weighted by Gasteiger charge is -2.46. The van der Waals surface area contributed by atoms with E-state index in [1.54, 1.807) is 31.2 Å². The Hall–Kier alpha value is -3.72. The maximum absolute atomic E-state index is 13.4. The van der Waals surface area contributed by atoms with Crippen molar-refractivity contribution < 1.29 is 23.9 Å². The molecule has 2 aliphatic heterocycles. The molecule has 0 spiro atoms. The van der Waals surface area contributed by atoms with Gasteiger partial charge in [-0.15, -0.1) is 0 Å². The van der Waals surface area contributed by atoms with Gasteiger partial charge in [-0.3, -0.25) is 14.5 Å². The summed E-state index contributed by atoms with van der Waals surface area (Å²) < 4.78 is 5.06. The SMILES string of the molecule is CCOC(=O)c1ccccc1NC(=O)CN1C(=O)N(Cc2ccccc2)C(=O)C2NCCCC21. The van der Waals surface area contributed by atoms with Gasteiger partial charge in [0.15, 0.2) is 0 Å². The molecule has 2 aromatic rings. The molecule has 34 heavy (non-hydrogen) atoms. The Kier molecular flexibility index (Phi) is 7.22. The minimum Gasteiger partial charge on any atom is -0.462 e. The van der Waals surface area contributed by atoms with Crippen LogP contribution in [0.1, 0.15) is 35.7 Å². The minimum atomic E-state index is -0.560. The van der Waals surface area contributed by atoms with Crippen LogP contribution in [0.5, 0.6) is 0 Å². The first-order chi connectivity index (χ1) is 16.5. The van der Waals surface area contributed by atoms with Crippen molar-refractivity contribution in [1.82, 2.24) is 15.1 Å². The molecule has 0 bridgehead atoms. The van der Waals surface area contributed by atoms with E-state index < -0.39 is 30.0 Å². The number of esters is 1. The monoisotopic (exact) mass is 464 g/mol. The van der Waals surface area contributed by atoms with Crippen molar-refractivity contribution in [3.8, 4) is 0 Å². The number of rotatable bonds is 7. The number of benzene rings is 2. The number of anilines is 1. The molecule has 178 valence electrons. The van der Waals surface area contributed by atoms with Crippen LogP contribution in [0.2, 0.25) is 0 Å². The molecule has 9 heteroatoms. The van der Waals surface area contributed by atoms with E-state index in [1.165, 1.54) is 9.80 Å². The van der Waals surface area contributed by atoms with E-state index in [9.17, 15) is 19.2 Å². The summed E-state index contributed by atoms with van der Waals surface area (Å²) in [5.74, 6) is -1.27. The van der Waals surface area contributed by atoms with Crippen molar-refractivity contribution >= 4 is 29.5 Å². The van der Waals surface area contributed by atoms with Gasteiger partial charge in [-0.05, 0) is 44.0 Å². The van der Waals surface area contributed by atoms with Crippen molar-refractivity contribution in [2.75, 3.05) is 25.0 Å². The Balaban J connectivity index is 1.53. The summed E-state index contributed by atoms with van der Waals surface area (Å²) in [4.78, 5) is 54.4. The maximum Gasteiger partial charge on any atom is 0.340 e. The van der Waals surface area contributed by atoms with Gasteiger partial charge >= 0.3 is 12.0 Å². The van der Waals surface area contributed by atoms with Crippen LogP contribution in [0.4, 0.5) is 10.5 Å². The third-order valence-corrected chi connectivity index (χ3v) is 6.03. The molecular formula is C25H28N4O5. The highest BCUT2D eigenvalue weighted by atomic mass is 16.5. The summed E-state index contributed by atoms with van der Waals surface area (Å²) in [5, 5.41) is 5.95. The van der Waals surface area contributed by atoms with Gasteiger partial charge in [-0.25, -0.2) is 9.59 Å². The summed E-state index contributed by atoms with van der Waals surface area (Å²) in [6.07, 6.45) is 1.42. The molecule has 2 saturated heterocycles. The van der Waals surface area contributed by atoms with E-state index in [1.807, 2.05) is 30.3 Å². The molecule has 2 heterocycles. The zero-order valence-corrected chi connectivity index (χ0v) is 19.0. The number of urea groups is 1. The molecular weight excluding hydrogens is 436 g/mol. The van der Waals surface area contributed by atoms with E-state index in [0.717, 1.165) is 12.0 Å². The zero-order valence-electron chi connectivity index (χ0n) is 19.0. The smallest absolute Gasteiger partial charge is 0.340 e. The fourth-order valence-electron chi connectivity index (χ4n) is 4.44. The second-order valence-corrected chi connectivity index (χ2v) is 8.28. The summed E-state index contributed by atoms with van der Waals surface area (Å²) in [6.45, 7) is 2.49. The van der Waals surface area contributed by atoms with Gasteiger partial charge in [0.2, 0.25) is 11.8 Å². The van der Waals surface area contributed by atoms with Crippen molar-refractivity contribution in [2.24, 2.45) is 0 Å². The van der Waals surface area contributed by atoms with Gasteiger partial charge in [0, 0.05) is 0 Å². The standard InChI is InChI=1S/C25H28N4O5/c1-2-34-24(32)18-11-6-7-12-19(18)27-21(30)16-28-20-13-8-14-26-22(20)23(31)29(25(28)33)15-17-9-4-3-5-10-17/h3-7,9-12,20,22,26H,2,8,13-16H2,1H3,(H,27,30). The Morgan fingerprint density at radius 3 is 2.59 bits per heavy atom. The number of carbonyl (C=O) groups excluding carboxylic acids is 4. The minimum absolute atomic E-state index is 0.132. The Labute approximate surface area is 198 Å². The molecule has 2 atom stereocenters. The van der Waals surface area contributed by atoms with E-state index in [0.29, 0.717) is 18.7 Å². The first kappa shape index (κ1) is 23.4. The fourth-order valence-corrected chi connectivity index (χ4v) is 4.44. The highest BCUT2D eigenvalue weighted by Crippen LogP contribution is 2.26. The number of amides is 4. The van der Waals surface area contributed by atoms with Crippen LogP contribution in [0.25, 0.3) is 0 Å². The number of para-hydroxylation sites is 1. The molecule has 2 fully saturated rings. The van der Waals surface area contributed by atoms with Gasteiger partial charge in [0.05, 0.1) is 30.4 Å². The number of carbonyl (C=O) groups is 4. The van der Waals surface area contributed by atoms with E-state index >= 15 is 0 Å². The predicted octanol–water partition coefficient (Wildman–Crippen LogP) is 2.39. The molecule has 0 saturated carbocycles. The van der Waals surface area contributed by atoms with Crippen LogP contribution in [0.15, 0.2) is 54.6 Å². The third kappa shape index (κ3) is 4.94. The van der Waals surface area contributed by atoms with Gasteiger partial charge in [0.1, 0.15) is 12.6 Å². The second kappa shape index (κ2) is 10.5. The van der Waals surface area contributed by atoms with Crippen LogP contribution in [0, 0.1) is 0 Å². The average Bonchev–Trinajstić information content (AvgIpc) is 2.85. The second-order valence-electron chi connectivity index (χ2n) is 8.28. The molecule has 2 aliphatic rings. The van der Waals surface area contributed by atoms with E-state index in [2.05, 4.69) is 10.6 Å². The molecule has 0 aliphatic carbocycles. The van der Waals surface area contributed by atoms with Gasteiger partial charge in [-0.2, -0.15) is 0 Å². The van der Waals surface area contributed by atoms with Crippen molar-refractivity contribution in [3.63, 3.8) is 0 Å². The van der Waals surface area contributed by atoms with Crippen molar-refractivity contribution in [1.29, 1.82) is 0 Å². The van der Waals surface area contributed by atoms with E-state index in [4.69, 9.17) is 4.74 Å². The lowest BCUT2D eigenvalue weighted by molar-refractivity contribution is -0.138. The van der Waals surface area contributed by atoms with Crippen LogP contribution in [0.3, 0.4) is 0 Å². The third-order valence-electron chi connectivity index (χ3n) is 6.03. The lowest BCUT2D eigenvalue weighted by atomic mass is 9.93. The quantitative estimate of drug-likeness (QED) is 0.609. The van der Waals surface area contributed by atoms with Crippen molar-refractivity contribution in [3.05, 3.63) is 65.7 Å². The highest BCUT2D eigenvalue weighted by molar-refractivity contribution is 6.04. The normalized spacial score (nSPS) is 20.0. The molecule has 4 amide bonds. The van der Waals surface area contributed by atoms with E-state index in [-0.39, 0.29) is 31.2 Å². The molecule has 9 nitrogen and oxygen atoms in total. The number of nitrogens with one attached hydrogen (secondary N) is 2. The van der Waals surface area contributed by atoms with Crippen LogP contribution >= 0.6 is 0 Å². The summed E-state index contributed by atoms with van der Waals surface area (Å²) in [5.41, 5.74) is 1.37. The number of fused-ring (bicyclic) bond motifs is 1. The van der Waals surface area contributed by atoms with Crippen molar-refractivity contribution in [2.45, 2.75) is 38.4 Å². The maximum atomic E-state index is 13.4. The number of hydrogen-bond donors (Lipinski definition) is 2. The molecule has 4 rings (SSSR count). The molecule has 2 aromatic carbocycles. The number of imide groups is 1. The molecule has 2 N–H and O–H groups in total. The lowest BCUT2D eigenvalue weighted by Crippen LogP contribution is -2.70. The summed E-state index contributed by atoms with van der Waals surface area (Å²) in [7, 11) is 0. The largest absolute Gasteiger partial charge is 0.462 e. The van der Waals surface area contributed by atoms with Gasteiger partial charge in [0.25, 0.3) is 0 Å². The van der Waals surface area contributed by atoms with Gasteiger partial charge in [-0.1, -0.05) is 42.5 Å². The Morgan fingerprint density at radius 2 is 1.82 bits per heavy atom.